The minimum Gasteiger partial charge on any atom is -0.490 e. The molecule has 1 saturated heterocycles. The van der Waals surface area contributed by atoms with Crippen LogP contribution in [-0.4, -0.2) is 49.2 Å². The Bertz CT molecular complexity index is 834. The summed E-state index contributed by atoms with van der Waals surface area (Å²) in [5.74, 6) is 2.22. The van der Waals surface area contributed by atoms with Crippen molar-refractivity contribution in [3.8, 4) is 11.6 Å². The lowest BCUT2D eigenvalue weighted by atomic mass is 9.95. The van der Waals surface area contributed by atoms with Gasteiger partial charge in [-0.3, -0.25) is 4.79 Å². The average Bonchev–Trinajstić information content (AvgIpc) is 2.72. The summed E-state index contributed by atoms with van der Waals surface area (Å²) in [7, 11) is 1.60. The molecule has 7 heteroatoms. The Balaban J connectivity index is 1.44. The first-order valence-electron chi connectivity index (χ1n) is 9.32. The van der Waals surface area contributed by atoms with E-state index in [1.54, 1.807) is 19.4 Å². The standard InChI is InChI=1S/C20H24N4O3/c1-14-3-4-16-17(13-14)27-12-11-24(16)19(25)15-6-9-23(10-7-15)20-21-8-5-18(22-20)26-2/h3-5,8,13,15H,6-7,9-12H2,1-2H3. The Morgan fingerprint density at radius 3 is 2.81 bits per heavy atom. The van der Waals surface area contributed by atoms with Crippen molar-refractivity contribution >= 4 is 17.5 Å². The number of rotatable bonds is 3. The number of carbonyl (C=O) groups is 1. The molecule has 0 saturated carbocycles. The fourth-order valence-corrected chi connectivity index (χ4v) is 3.70. The molecular formula is C20H24N4O3. The third-order valence-electron chi connectivity index (χ3n) is 5.20. The zero-order valence-electron chi connectivity index (χ0n) is 15.7. The second-order valence-corrected chi connectivity index (χ2v) is 6.97. The molecule has 1 aromatic heterocycles. The molecule has 2 aliphatic rings. The summed E-state index contributed by atoms with van der Waals surface area (Å²) in [4.78, 5) is 25.9. The van der Waals surface area contributed by atoms with Crippen LogP contribution in [0.5, 0.6) is 11.6 Å². The van der Waals surface area contributed by atoms with E-state index in [0.29, 0.717) is 25.0 Å². The lowest BCUT2D eigenvalue weighted by Crippen LogP contribution is -2.45. The van der Waals surface area contributed by atoms with Crippen LogP contribution in [0.1, 0.15) is 18.4 Å². The number of methoxy groups -OCH3 is 1. The molecule has 27 heavy (non-hydrogen) atoms. The van der Waals surface area contributed by atoms with E-state index >= 15 is 0 Å². The number of amides is 1. The number of carbonyl (C=O) groups excluding carboxylic acids is 1. The Morgan fingerprint density at radius 1 is 1.22 bits per heavy atom. The van der Waals surface area contributed by atoms with E-state index in [0.717, 1.165) is 42.9 Å². The summed E-state index contributed by atoms with van der Waals surface area (Å²) in [6.45, 7) is 4.69. The maximum Gasteiger partial charge on any atom is 0.230 e. The predicted octanol–water partition coefficient (Wildman–Crippen LogP) is 2.44. The molecule has 4 rings (SSSR count). The highest BCUT2D eigenvalue weighted by Gasteiger charge is 2.32. The highest BCUT2D eigenvalue weighted by Crippen LogP contribution is 2.34. The van der Waals surface area contributed by atoms with Gasteiger partial charge in [0.2, 0.25) is 17.7 Å². The summed E-state index contributed by atoms with van der Waals surface area (Å²) in [6, 6.07) is 7.74. The summed E-state index contributed by atoms with van der Waals surface area (Å²) in [5.41, 5.74) is 2.02. The summed E-state index contributed by atoms with van der Waals surface area (Å²) < 4.78 is 10.9. The van der Waals surface area contributed by atoms with Crippen LogP contribution in [0.4, 0.5) is 11.6 Å². The number of anilines is 2. The molecule has 142 valence electrons. The largest absolute Gasteiger partial charge is 0.490 e. The smallest absolute Gasteiger partial charge is 0.230 e. The van der Waals surface area contributed by atoms with Crippen molar-refractivity contribution in [1.29, 1.82) is 0 Å². The SMILES string of the molecule is COc1ccnc(N2CCC(C(=O)N3CCOc4cc(C)ccc43)CC2)n1. The lowest BCUT2D eigenvalue weighted by Gasteiger charge is -2.36. The number of nitrogens with zero attached hydrogens (tertiary/aromatic N) is 4. The third-order valence-corrected chi connectivity index (χ3v) is 5.20. The van der Waals surface area contributed by atoms with Crippen LogP contribution in [0.3, 0.4) is 0 Å². The van der Waals surface area contributed by atoms with Crippen LogP contribution < -0.4 is 19.3 Å². The minimum atomic E-state index is 0.0131. The van der Waals surface area contributed by atoms with Gasteiger partial charge in [0.25, 0.3) is 0 Å². The van der Waals surface area contributed by atoms with Gasteiger partial charge in [0.05, 0.1) is 19.3 Å². The van der Waals surface area contributed by atoms with E-state index in [9.17, 15) is 4.79 Å². The molecule has 0 aliphatic carbocycles. The van der Waals surface area contributed by atoms with E-state index < -0.39 is 0 Å². The van der Waals surface area contributed by atoms with E-state index in [-0.39, 0.29) is 11.8 Å². The van der Waals surface area contributed by atoms with Crippen molar-refractivity contribution in [2.24, 2.45) is 5.92 Å². The molecule has 2 aliphatic heterocycles. The van der Waals surface area contributed by atoms with Crippen LogP contribution in [0.15, 0.2) is 30.5 Å². The van der Waals surface area contributed by atoms with E-state index in [1.807, 2.05) is 30.0 Å². The summed E-state index contributed by atoms with van der Waals surface area (Å²) >= 11 is 0. The summed E-state index contributed by atoms with van der Waals surface area (Å²) in [5, 5.41) is 0. The van der Waals surface area contributed by atoms with Gasteiger partial charge in [-0.1, -0.05) is 6.07 Å². The summed E-state index contributed by atoms with van der Waals surface area (Å²) in [6.07, 6.45) is 3.28. The molecule has 1 fully saturated rings. The molecular weight excluding hydrogens is 344 g/mol. The maximum atomic E-state index is 13.1. The second kappa shape index (κ2) is 7.42. The first-order valence-corrected chi connectivity index (χ1v) is 9.32. The Hall–Kier alpha value is -2.83. The Morgan fingerprint density at radius 2 is 2.04 bits per heavy atom. The maximum absolute atomic E-state index is 13.1. The van der Waals surface area contributed by atoms with Crippen molar-refractivity contribution in [1.82, 2.24) is 9.97 Å². The molecule has 0 radical (unpaired) electrons. The normalized spacial score (nSPS) is 17.3. The Labute approximate surface area is 158 Å². The molecule has 7 nitrogen and oxygen atoms in total. The van der Waals surface area contributed by atoms with E-state index in [2.05, 4.69) is 14.9 Å². The molecule has 0 unspecified atom stereocenters. The van der Waals surface area contributed by atoms with Crippen LogP contribution in [0, 0.1) is 12.8 Å². The van der Waals surface area contributed by atoms with Gasteiger partial charge >= 0.3 is 0 Å². The molecule has 2 aromatic rings. The van der Waals surface area contributed by atoms with Crippen LogP contribution in [0.25, 0.3) is 0 Å². The van der Waals surface area contributed by atoms with Gasteiger partial charge in [0, 0.05) is 31.3 Å². The van der Waals surface area contributed by atoms with Crippen molar-refractivity contribution in [2.75, 3.05) is 43.2 Å². The van der Waals surface area contributed by atoms with E-state index in [1.165, 1.54) is 0 Å². The number of aryl methyl sites for hydroxylation is 1. The first kappa shape index (κ1) is 17.6. The minimum absolute atomic E-state index is 0.0131. The highest BCUT2D eigenvalue weighted by atomic mass is 16.5. The zero-order valence-corrected chi connectivity index (χ0v) is 15.7. The van der Waals surface area contributed by atoms with Crippen molar-refractivity contribution in [3.63, 3.8) is 0 Å². The quantitative estimate of drug-likeness (QED) is 0.829. The lowest BCUT2D eigenvalue weighted by molar-refractivity contribution is -0.123. The second-order valence-electron chi connectivity index (χ2n) is 6.97. The topological polar surface area (TPSA) is 67.8 Å². The molecule has 0 N–H and O–H groups in total. The van der Waals surface area contributed by atoms with Gasteiger partial charge < -0.3 is 19.3 Å². The third kappa shape index (κ3) is 3.54. The molecule has 1 amide bonds. The number of benzene rings is 1. The van der Waals surface area contributed by atoms with Gasteiger partial charge in [-0.2, -0.15) is 4.98 Å². The van der Waals surface area contributed by atoms with Crippen molar-refractivity contribution < 1.29 is 14.3 Å². The molecule has 0 atom stereocenters. The molecule has 1 aromatic carbocycles. The first-order chi connectivity index (χ1) is 13.2. The van der Waals surface area contributed by atoms with Gasteiger partial charge in [-0.25, -0.2) is 4.98 Å². The van der Waals surface area contributed by atoms with Crippen LogP contribution in [-0.2, 0) is 4.79 Å². The van der Waals surface area contributed by atoms with Gasteiger partial charge in [0.15, 0.2) is 0 Å². The fraction of sp³-hybridized carbons (Fsp3) is 0.450. The molecule has 3 heterocycles. The number of hydrogen-bond donors (Lipinski definition) is 0. The number of ether oxygens (including phenoxy) is 2. The zero-order chi connectivity index (χ0) is 18.8. The van der Waals surface area contributed by atoms with Crippen molar-refractivity contribution in [3.05, 3.63) is 36.0 Å². The van der Waals surface area contributed by atoms with Crippen molar-refractivity contribution in [2.45, 2.75) is 19.8 Å². The monoisotopic (exact) mass is 368 g/mol. The number of fused-ring (bicyclic) bond motifs is 1. The highest BCUT2D eigenvalue weighted by molar-refractivity contribution is 5.97. The van der Waals surface area contributed by atoms with Gasteiger partial charge in [0.1, 0.15) is 12.4 Å². The van der Waals surface area contributed by atoms with Crippen LogP contribution in [0.2, 0.25) is 0 Å². The molecule has 0 spiro atoms. The number of hydrogen-bond acceptors (Lipinski definition) is 6. The van der Waals surface area contributed by atoms with Gasteiger partial charge in [-0.15, -0.1) is 0 Å². The average molecular weight is 368 g/mol. The number of aromatic nitrogens is 2. The van der Waals surface area contributed by atoms with Crippen LogP contribution >= 0.6 is 0 Å². The Kier molecular flexibility index (Phi) is 4.83. The fourth-order valence-electron chi connectivity index (χ4n) is 3.70. The molecule has 0 bridgehead atoms. The predicted molar refractivity (Wildman–Crippen MR) is 103 cm³/mol. The van der Waals surface area contributed by atoms with E-state index in [4.69, 9.17) is 9.47 Å². The number of piperidine rings is 1. The van der Waals surface area contributed by atoms with Gasteiger partial charge in [-0.05, 0) is 37.5 Å².